The maximum atomic E-state index is 12.6. The van der Waals surface area contributed by atoms with Gasteiger partial charge in [0, 0.05) is 12.1 Å². The molecule has 0 unspecified atom stereocenters. The number of aromatic nitrogens is 3. The van der Waals surface area contributed by atoms with Crippen molar-refractivity contribution in [2.45, 2.75) is 32.5 Å². The number of thiophene rings is 1. The second kappa shape index (κ2) is 9.96. The number of hydrogen-bond donors (Lipinski definition) is 2. The Morgan fingerprint density at radius 2 is 2.00 bits per heavy atom. The van der Waals surface area contributed by atoms with Crippen molar-refractivity contribution in [2.24, 2.45) is 5.73 Å². The van der Waals surface area contributed by atoms with Crippen molar-refractivity contribution < 1.29 is 19.1 Å². The van der Waals surface area contributed by atoms with Gasteiger partial charge in [-0.3, -0.25) is 9.59 Å². The van der Waals surface area contributed by atoms with Crippen LogP contribution in [0.4, 0.5) is 5.00 Å². The number of nitrogens with zero attached hydrogens (tertiary/aromatic N) is 3. The van der Waals surface area contributed by atoms with E-state index in [1.807, 2.05) is 42.7 Å². The molecule has 0 radical (unpaired) electrons. The number of ether oxygens (including phenoxy) is 1. The number of amides is 2. The summed E-state index contributed by atoms with van der Waals surface area (Å²) in [5, 5.41) is 12.0. The van der Waals surface area contributed by atoms with Crippen molar-refractivity contribution >= 4 is 45.9 Å². The maximum absolute atomic E-state index is 12.6. The summed E-state index contributed by atoms with van der Waals surface area (Å²) >= 11 is 2.18. The normalized spacial score (nSPS) is 10.8. The van der Waals surface area contributed by atoms with E-state index in [1.165, 1.54) is 18.9 Å². The van der Waals surface area contributed by atoms with Gasteiger partial charge >= 0.3 is 5.97 Å². The number of nitrogens with two attached hydrogens (primary N) is 1. The summed E-state index contributed by atoms with van der Waals surface area (Å²) in [6.45, 7) is 6.21. The van der Waals surface area contributed by atoms with Crippen molar-refractivity contribution in [1.29, 1.82) is 0 Å². The second-order valence-corrected chi connectivity index (χ2v) is 8.84. The van der Waals surface area contributed by atoms with Gasteiger partial charge in [-0.2, -0.15) is 0 Å². The quantitative estimate of drug-likeness (QED) is 0.379. The third-order valence-corrected chi connectivity index (χ3v) is 6.84. The van der Waals surface area contributed by atoms with E-state index in [0.717, 1.165) is 28.3 Å². The number of carbonyl (C=O) groups is 3. The monoisotopic (exact) mass is 473 g/mol. The molecule has 0 fully saturated rings. The Labute approximate surface area is 193 Å². The molecule has 0 atom stereocenters. The molecule has 32 heavy (non-hydrogen) atoms. The fourth-order valence-corrected chi connectivity index (χ4v) is 5.02. The minimum absolute atomic E-state index is 0.0371. The van der Waals surface area contributed by atoms with Crippen molar-refractivity contribution in [3.63, 3.8) is 0 Å². The fourth-order valence-electron chi connectivity index (χ4n) is 3.16. The first kappa shape index (κ1) is 23.5. The summed E-state index contributed by atoms with van der Waals surface area (Å²) in [5.41, 5.74) is 7.95. The Morgan fingerprint density at radius 3 is 2.62 bits per heavy atom. The maximum Gasteiger partial charge on any atom is 0.341 e. The number of hydrogen-bond acceptors (Lipinski definition) is 8. The summed E-state index contributed by atoms with van der Waals surface area (Å²) in [7, 11) is 1.23. The Kier molecular flexibility index (Phi) is 7.31. The standard InChI is InChI=1S/C21H23N5O4S2/c1-5-26-18(13-8-6-7-11(2)9-13)24-25-21(26)31-10-14(27)23-19-15(20(29)30-4)12(3)16(32-19)17(22)28/h6-9H,5,10H2,1-4H3,(H2,22,28)(H,23,27). The zero-order valence-electron chi connectivity index (χ0n) is 18.1. The van der Waals surface area contributed by atoms with E-state index < -0.39 is 11.9 Å². The van der Waals surface area contributed by atoms with Gasteiger partial charge in [-0.15, -0.1) is 21.5 Å². The number of rotatable bonds is 8. The molecule has 2 amide bonds. The lowest BCUT2D eigenvalue weighted by atomic mass is 10.1. The summed E-state index contributed by atoms with van der Waals surface area (Å²) < 4.78 is 6.72. The van der Waals surface area contributed by atoms with E-state index in [0.29, 0.717) is 17.3 Å². The van der Waals surface area contributed by atoms with Gasteiger partial charge in [-0.25, -0.2) is 4.79 Å². The molecule has 3 rings (SSSR count). The molecule has 0 spiro atoms. The Hall–Kier alpha value is -3.18. The molecule has 0 saturated heterocycles. The Bertz CT molecular complexity index is 1190. The van der Waals surface area contributed by atoms with Gasteiger partial charge in [-0.05, 0) is 32.4 Å². The number of carbonyl (C=O) groups excluding carboxylic acids is 3. The van der Waals surface area contributed by atoms with Gasteiger partial charge in [0.15, 0.2) is 11.0 Å². The highest BCUT2D eigenvalue weighted by atomic mass is 32.2. The molecule has 3 aromatic rings. The number of methoxy groups -OCH3 is 1. The number of benzene rings is 1. The SMILES string of the molecule is CCn1c(SCC(=O)Nc2sc(C(N)=O)c(C)c2C(=O)OC)nnc1-c1cccc(C)c1. The molecule has 11 heteroatoms. The third-order valence-electron chi connectivity index (χ3n) is 4.65. The predicted molar refractivity (Wildman–Crippen MR) is 124 cm³/mol. The Morgan fingerprint density at radius 1 is 1.25 bits per heavy atom. The van der Waals surface area contributed by atoms with Crippen molar-refractivity contribution in [3.05, 3.63) is 45.8 Å². The molecule has 1 aromatic carbocycles. The van der Waals surface area contributed by atoms with E-state index in [9.17, 15) is 14.4 Å². The lowest BCUT2D eigenvalue weighted by Gasteiger charge is -2.08. The molecule has 2 heterocycles. The van der Waals surface area contributed by atoms with Gasteiger partial charge in [-0.1, -0.05) is 35.5 Å². The van der Waals surface area contributed by atoms with E-state index in [-0.39, 0.29) is 27.1 Å². The van der Waals surface area contributed by atoms with Gasteiger partial charge in [0.1, 0.15) is 5.00 Å². The first-order valence-corrected chi connectivity index (χ1v) is 11.5. The van der Waals surface area contributed by atoms with Crippen LogP contribution < -0.4 is 11.1 Å². The molecule has 168 valence electrons. The van der Waals surface area contributed by atoms with E-state index in [1.54, 1.807) is 6.92 Å². The average molecular weight is 474 g/mol. The lowest BCUT2D eigenvalue weighted by molar-refractivity contribution is -0.113. The van der Waals surface area contributed by atoms with Crippen LogP contribution >= 0.6 is 23.1 Å². The van der Waals surface area contributed by atoms with E-state index in [4.69, 9.17) is 10.5 Å². The van der Waals surface area contributed by atoms with Crippen LogP contribution in [0.1, 0.15) is 38.1 Å². The fraction of sp³-hybridized carbons (Fsp3) is 0.286. The highest BCUT2D eigenvalue weighted by Gasteiger charge is 2.25. The van der Waals surface area contributed by atoms with Crippen LogP contribution in [0.25, 0.3) is 11.4 Å². The molecule has 0 saturated carbocycles. The van der Waals surface area contributed by atoms with Crippen LogP contribution in [0, 0.1) is 13.8 Å². The van der Waals surface area contributed by atoms with Gasteiger partial charge in [0.05, 0.1) is 23.3 Å². The zero-order chi connectivity index (χ0) is 23.4. The number of nitrogens with one attached hydrogen (secondary N) is 1. The summed E-state index contributed by atoms with van der Waals surface area (Å²) in [4.78, 5) is 36.6. The minimum atomic E-state index is -0.674. The molecule has 3 N–H and O–H groups in total. The van der Waals surface area contributed by atoms with Gasteiger partial charge in [0.2, 0.25) is 5.91 Å². The minimum Gasteiger partial charge on any atom is -0.465 e. The zero-order valence-corrected chi connectivity index (χ0v) is 19.7. The molecule has 2 aromatic heterocycles. The number of esters is 1. The number of thioether (sulfide) groups is 1. The van der Waals surface area contributed by atoms with E-state index >= 15 is 0 Å². The van der Waals surface area contributed by atoms with E-state index in [2.05, 4.69) is 15.5 Å². The van der Waals surface area contributed by atoms with Crippen molar-refractivity contribution in [2.75, 3.05) is 18.2 Å². The lowest BCUT2D eigenvalue weighted by Crippen LogP contribution is -2.16. The highest BCUT2D eigenvalue weighted by Crippen LogP contribution is 2.34. The van der Waals surface area contributed by atoms with Crippen LogP contribution in [0.2, 0.25) is 0 Å². The van der Waals surface area contributed by atoms with Crippen LogP contribution in [0.5, 0.6) is 0 Å². The number of anilines is 1. The molecule has 9 nitrogen and oxygen atoms in total. The third kappa shape index (κ3) is 4.83. The van der Waals surface area contributed by atoms with Crippen molar-refractivity contribution in [3.8, 4) is 11.4 Å². The Balaban J connectivity index is 1.77. The topological polar surface area (TPSA) is 129 Å². The molecular formula is C21H23N5O4S2. The van der Waals surface area contributed by atoms with Crippen LogP contribution in [-0.2, 0) is 16.1 Å². The summed E-state index contributed by atoms with van der Waals surface area (Å²) in [5.74, 6) is -0.919. The number of aryl methyl sites for hydroxylation is 1. The average Bonchev–Trinajstić information content (AvgIpc) is 3.32. The second-order valence-electron chi connectivity index (χ2n) is 6.87. The number of primary amides is 1. The van der Waals surface area contributed by atoms with Gasteiger partial charge in [0.25, 0.3) is 5.91 Å². The molecule has 0 bridgehead atoms. The largest absolute Gasteiger partial charge is 0.465 e. The summed E-state index contributed by atoms with van der Waals surface area (Å²) in [6, 6.07) is 7.96. The molecule has 0 aliphatic heterocycles. The van der Waals surface area contributed by atoms with Crippen LogP contribution in [0.15, 0.2) is 29.4 Å². The van der Waals surface area contributed by atoms with Gasteiger partial charge < -0.3 is 20.4 Å². The van der Waals surface area contributed by atoms with Crippen LogP contribution in [-0.4, -0.2) is 45.4 Å². The molecule has 0 aliphatic carbocycles. The molecular weight excluding hydrogens is 450 g/mol. The predicted octanol–water partition coefficient (Wildman–Crippen LogP) is 3.26. The summed E-state index contributed by atoms with van der Waals surface area (Å²) in [6.07, 6.45) is 0. The van der Waals surface area contributed by atoms with Crippen LogP contribution in [0.3, 0.4) is 0 Å². The molecule has 0 aliphatic rings. The first-order chi connectivity index (χ1) is 15.3. The highest BCUT2D eigenvalue weighted by molar-refractivity contribution is 7.99. The van der Waals surface area contributed by atoms with Crippen molar-refractivity contribution in [1.82, 2.24) is 14.8 Å². The smallest absolute Gasteiger partial charge is 0.341 e. The first-order valence-electron chi connectivity index (χ1n) is 9.71.